The van der Waals surface area contributed by atoms with Crippen LogP contribution in [-0.2, 0) is 0 Å². The van der Waals surface area contributed by atoms with Crippen LogP contribution in [0.2, 0.25) is 5.02 Å². The summed E-state index contributed by atoms with van der Waals surface area (Å²) in [5.41, 5.74) is 8.64. The van der Waals surface area contributed by atoms with E-state index in [9.17, 15) is 0 Å². The Labute approximate surface area is 131 Å². The van der Waals surface area contributed by atoms with E-state index in [-0.39, 0.29) is 0 Å². The summed E-state index contributed by atoms with van der Waals surface area (Å²) in [5.74, 6) is 1.70. The highest BCUT2D eigenvalue weighted by atomic mass is 35.5. The zero-order valence-electron chi connectivity index (χ0n) is 11.5. The minimum Gasteiger partial charge on any atom is -0.496 e. The number of halogens is 1. The molecule has 2 aromatic heterocycles. The molecule has 0 aliphatic heterocycles. The number of nitrogens with zero attached hydrogens (tertiary/aromatic N) is 1. The second kappa shape index (κ2) is 5.42. The summed E-state index contributed by atoms with van der Waals surface area (Å²) in [4.78, 5) is 0.815. The maximum atomic E-state index is 6.18. The number of nitrogens with two attached hydrogens (primary N) is 1. The summed E-state index contributed by atoms with van der Waals surface area (Å²) in [6, 6.07) is 7.68. The van der Waals surface area contributed by atoms with Crippen molar-refractivity contribution in [2.45, 2.75) is 6.92 Å². The number of aromatic nitrogens is 1. The van der Waals surface area contributed by atoms with Gasteiger partial charge in [-0.3, -0.25) is 0 Å². The zero-order valence-corrected chi connectivity index (χ0v) is 13.1. The number of hydrogen-bond acceptors (Lipinski definition) is 5. The smallest absolute Gasteiger partial charge is 0.188 e. The third-order valence-electron chi connectivity index (χ3n) is 3.24. The highest BCUT2D eigenvalue weighted by Gasteiger charge is 2.21. The second-order valence-electron chi connectivity index (χ2n) is 4.55. The molecule has 4 nitrogen and oxygen atoms in total. The van der Waals surface area contributed by atoms with Gasteiger partial charge in [0.2, 0.25) is 0 Å². The number of hydrogen-bond donors (Lipinski definition) is 1. The number of nitrogen functional groups attached to an aromatic ring is 1. The van der Waals surface area contributed by atoms with Crippen LogP contribution in [0, 0.1) is 6.92 Å². The van der Waals surface area contributed by atoms with Crippen LogP contribution >= 0.6 is 22.9 Å². The fraction of sp³-hybridized carbons (Fsp3) is 0.133. The van der Waals surface area contributed by atoms with Crippen molar-refractivity contribution in [1.82, 2.24) is 5.16 Å². The monoisotopic (exact) mass is 320 g/mol. The lowest BCUT2D eigenvalue weighted by atomic mass is 10.0. The van der Waals surface area contributed by atoms with Gasteiger partial charge in [-0.15, -0.1) is 11.3 Å². The molecule has 1 aromatic carbocycles. The number of methoxy groups -OCH3 is 1. The van der Waals surface area contributed by atoms with Crippen molar-refractivity contribution in [3.05, 3.63) is 40.2 Å². The van der Waals surface area contributed by atoms with Crippen LogP contribution < -0.4 is 10.5 Å². The van der Waals surface area contributed by atoms with Crippen LogP contribution in [0.1, 0.15) is 5.56 Å². The molecule has 2 heterocycles. The molecule has 0 saturated carbocycles. The van der Waals surface area contributed by atoms with Crippen LogP contribution in [0.4, 0.5) is 5.82 Å². The highest BCUT2D eigenvalue weighted by Crippen LogP contribution is 2.43. The maximum Gasteiger partial charge on any atom is 0.188 e. The molecule has 3 aromatic rings. The first-order valence-electron chi connectivity index (χ1n) is 6.25. The first-order chi connectivity index (χ1) is 10.1. The van der Waals surface area contributed by atoms with Crippen molar-refractivity contribution in [1.29, 1.82) is 0 Å². The molecule has 2 N–H and O–H groups in total. The Morgan fingerprint density at radius 1 is 1.33 bits per heavy atom. The number of rotatable bonds is 3. The standard InChI is InChI=1S/C15H13ClN2O2S/c1-8-3-4-9(7-11(8)19-2)12-13(20-18-15(12)17)14-10(16)5-6-21-14/h3-7H,1-2H3,(H2,17,18). The average molecular weight is 321 g/mol. The molecule has 0 aliphatic carbocycles. The fourth-order valence-electron chi connectivity index (χ4n) is 2.17. The predicted molar refractivity (Wildman–Crippen MR) is 86.0 cm³/mol. The number of aryl methyl sites for hydroxylation is 1. The molecule has 0 saturated heterocycles. The van der Waals surface area contributed by atoms with Gasteiger partial charge in [-0.05, 0) is 35.6 Å². The Morgan fingerprint density at radius 2 is 2.14 bits per heavy atom. The molecule has 3 rings (SSSR count). The van der Waals surface area contributed by atoms with Crippen molar-refractivity contribution in [3.63, 3.8) is 0 Å². The van der Waals surface area contributed by atoms with Crippen molar-refractivity contribution in [2.24, 2.45) is 0 Å². The number of ether oxygens (including phenoxy) is 1. The van der Waals surface area contributed by atoms with Crippen LogP contribution in [0.3, 0.4) is 0 Å². The number of anilines is 1. The summed E-state index contributed by atoms with van der Waals surface area (Å²) in [6.07, 6.45) is 0. The molecule has 0 unspecified atom stereocenters. The SMILES string of the molecule is COc1cc(-c2c(N)noc2-c2sccc2Cl)ccc1C. The van der Waals surface area contributed by atoms with E-state index >= 15 is 0 Å². The van der Waals surface area contributed by atoms with E-state index in [1.54, 1.807) is 7.11 Å². The van der Waals surface area contributed by atoms with Gasteiger partial charge < -0.3 is 15.0 Å². The van der Waals surface area contributed by atoms with Crippen molar-refractivity contribution >= 4 is 28.8 Å². The minimum atomic E-state index is 0.334. The Morgan fingerprint density at radius 3 is 2.81 bits per heavy atom. The Bertz CT molecular complexity index is 795. The van der Waals surface area contributed by atoms with Gasteiger partial charge in [0.25, 0.3) is 0 Å². The molecule has 6 heteroatoms. The molecule has 0 amide bonds. The van der Waals surface area contributed by atoms with Crippen LogP contribution in [-0.4, -0.2) is 12.3 Å². The molecule has 0 radical (unpaired) electrons. The van der Waals surface area contributed by atoms with Crippen LogP contribution in [0.5, 0.6) is 5.75 Å². The summed E-state index contributed by atoms with van der Waals surface area (Å²) < 4.78 is 10.8. The quantitative estimate of drug-likeness (QED) is 0.764. The van der Waals surface area contributed by atoms with Gasteiger partial charge >= 0.3 is 0 Å². The van der Waals surface area contributed by atoms with E-state index in [0.717, 1.165) is 27.3 Å². The largest absolute Gasteiger partial charge is 0.496 e. The summed E-state index contributed by atoms with van der Waals surface area (Å²) >= 11 is 7.67. The lowest BCUT2D eigenvalue weighted by Gasteiger charge is -2.07. The molecule has 108 valence electrons. The number of thiophene rings is 1. The van der Waals surface area contributed by atoms with Gasteiger partial charge in [0, 0.05) is 0 Å². The Kier molecular flexibility index (Phi) is 3.61. The second-order valence-corrected chi connectivity index (χ2v) is 5.88. The highest BCUT2D eigenvalue weighted by molar-refractivity contribution is 7.14. The van der Waals surface area contributed by atoms with Crippen molar-refractivity contribution in [2.75, 3.05) is 12.8 Å². The lowest BCUT2D eigenvalue weighted by molar-refractivity contribution is 0.412. The molecule has 0 aliphatic rings. The van der Waals surface area contributed by atoms with Crippen molar-refractivity contribution in [3.8, 4) is 27.5 Å². The predicted octanol–water partition coefficient (Wildman–Crippen LogP) is 4.62. The van der Waals surface area contributed by atoms with E-state index < -0.39 is 0 Å². The molecule has 0 spiro atoms. The summed E-state index contributed by atoms with van der Waals surface area (Å²) in [7, 11) is 1.64. The fourth-order valence-corrected chi connectivity index (χ4v) is 3.29. The van der Waals surface area contributed by atoms with E-state index in [1.165, 1.54) is 11.3 Å². The summed E-state index contributed by atoms with van der Waals surface area (Å²) in [5, 5.41) is 6.40. The summed E-state index contributed by atoms with van der Waals surface area (Å²) in [6.45, 7) is 1.98. The van der Waals surface area contributed by atoms with E-state index in [4.69, 9.17) is 26.6 Å². The third kappa shape index (κ3) is 2.39. The van der Waals surface area contributed by atoms with Crippen LogP contribution in [0.15, 0.2) is 34.2 Å². The minimum absolute atomic E-state index is 0.334. The van der Waals surface area contributed by atoms with Crippen molar-refractivity contribution < 1.29 is 9.26 Å². The molecule has 0 bridgehead atoms. The topological polar surface area (TPSA) is 61.3 Å². The third-order valence-corrected chi connectivity index (χ3v) is 4.58. The van der Waals surface area contributed by atoms with E-state index in [0.29, 0.717) is 16.6 Å². The molecule has 21 heavy (non-hydrogen) atoms. The van der Waals surface area contributed by atoms with E-state index in [1.807, 2.05) is 36.6 Å². The first-order valence-corrected chi connectivity index (χ1v) is 7.51. The van der Waals surface area contributed by atoms with E-state index in [2.05, 4.69) is 5.16 Å². The van der Waals surface area contributed by atoms with Gasteiger partial charge in [-0.2, -0.15) is 0 Å². The molecule has 0 atom stereocenters. The van der Waals surface area contributed by atoms with Gasteiger partial charge in [0.05, 0.1) is 22.6 Å². The van der Waals surface area contributed by atoms with Gasteiger partial charge in [-0.1, -0.05) is 28.9 Å². The van der Waals surface area contributed by atoms with Gasteiger partial charge in [0.15, 0.2) is 11.6 Å². The molecular weight excluding hydrogens is 308 g/mol. The lowest BCUT2D eigenvalue weighted by Crippen LogP contribution is -1.91. The molecular formula is C15H13ClN2O2S. The zero-order chi connectivity index (χ0) is 15.0. The van der Waals surface area contributed by atoms with Gasteiger partial charge in [-0.25, -0.2) is 0 Å². The van der Waals surface area contributed by atoms with Gasteiger partial charge in [0.1, 0.15) is 5.75 Å². The normalized spacial score (nSPS) is 10.8. The number of benzene rings is 1. The average Bonchev–Trinajstić information content (AvgIpc) is 3.05. The first kappa shape index (κ1) is 14.0. The Hall–Kier alpha value is -1.98. The molecule has 0 fully saturated rings. The maximum absolute atomic E-state index is 6.18. The Balaban J connectivity index is 2.19. The van der Waals surface area contributed by atoms with Crippen LogP contribution in [0.25, 0.3) is 21.8 Å².